The van der Waals surface area contributed by atoms with Gasteiger partial charge in [0.25, 0.3) is 11.6 Å². The van der Waals surface area contributed by atoms with Crippen LogP contribution in [0, 0.1) is 10.1 Å². The highest BCUT2D eigenvalue weighted by Gasteiger charge is 2.19. The van der Waals surface area contributed by atoms with E-state index >= 15 is 0 Å². The number of carbonyl (C=O) groups excluding carboxylic acids is 1. The van der Waals surface area contributed by atoms with Crippen LogP contribution in [0.25, 0.3) is 0 Å². The molecule has 3 rings (SSSR count). The molecule has 1 N–H and O–H groups in total. The van der Waals surface area contributed by atoms with Gasteiger partial charge in [-0.2, -0.15) is 5.10 Å². The second kappa shape index (κ2) is 7.64. The van der Waals surface area contributed by atoms with Crippen molar-refractivity contribution in [3.05, 3.63) is 64.2 Å². The van der Waals surface area contributed by atoms with Crippen molar-refractivity contribution in [3.63, 3.8) is 0 Å². The van der Waals surface area contributed by atoms with Gasteiger partial charge in [-0.1, -0.05) is 18.2 Å². The molecule has 0 aromatic heterocycles. The van der Waals surface area contributed by atoms with Crippen molar-refractivity contribution in [1.82, 2.24) is 5.43 Å². The third-order valence-corrected chi connectivity index (χ3v) is 3.81. The van der Waals surface area contributed by atoms with Gasteiger partial charge in [-0.05, 0) is 25.1 Å². The zero-order chi connectivity index (χ0) is 18.5. The van der Waals surface area contributed by atoms with Crippen LogP contribution in [0.4, 0.5) is 5.69 Å². The molecule has 0 radical (unpaired) electrons. The van der Waals surface area contributed by atoms with E-state index in [1.807, 2.05) is 24.3 Å². The molecule has 0 spiro atoms. The first-order valence-corrected chi connectivity index (χ1v) is 8.04. The normalized spacial score (nSPS) is 15.5. The van der Waals surface area contributed by atoms with Gasteiger partial charge in [0.2, 0.25) is 0 Å². The van der Waals surface area contributed by atoms with E-state index in [0.717, 1.165) is 17.0 Å². The molecule has 1 heterocycles. The second-order valence-corrected chi connectivity index (χ2v) is 5.64. The largest absolute Gasteiger partial charge is 0.492 e. The van der Waals surface area contributed by atoms with Crippen LogP contribution < -0.4 is 14.9 Å². The number of ether oxygens (including phenoxy) is 2. The van der Waals surface area contributed by atoms with Crippen molar-refractivity contribution >= 4 is 17.3 Å². The van der Waals surface area contributed by atoms with E-state index in [9.17, 15) is 14.9 Å². The summed E-state index contributed by atoms with van der Waals surface area (Å²) in [6, 6.07) is 13.1. The summed E-state index contributed by atoms with van der Waals surface area (Å²) in [5.41, 5.74) is 3.95. The Bertz CT molecular complexity index is 865. The third-order valence-electron chi connectivity index (χ3n) is 3.81. The Kier molecular flexibility index (Phi) is 5.12. The third kappa shape index (κ3) is 3.97. The highest BCUT2D eigenvalue weighted by molar-refractivity contribution is 6.04. The van der Waals surface area contributed by atoms with Gasteiger partial charge >= 0.3 is 0 Å². The summed E-state index contributed by atoms with van der Waals surface area (Å²) in [6.45, 7) is 2.04. The predicted octanol–water partition coefficient (Wildman–Crippen LogP) is 2.67. The molecule has 1 amide bonds. The number of rotatable bonds is 5. The summed E-state index contributed by atoms with van der Waals surface area (Å²) >= 11 is 0. The lowest BCUT2D eigenvalue weighted by atomic mass is 10.0. The summed E-state index contributed by atoms with van der Waals surface area (Å²) in [5.74, 6) is 0.520. The predicted molar refractivity (Wildman–Crippen MR) is 94.4 cm³/mol. The Balaban J connectivity index is 1.65. The molecule has 8 heteroatoms. The molecule has 0 saturated heterocycles. The SMILES string of the molecule is CC(Oc1cccc([N+](=O)[O-])c1)C(=O)N/N=C1/CCOc2ccccc21. The van der Waals surface area contributed by atoms with E-state index in [0.29, 0.717) is 13.0 Å². The van der Waals surface area contributed by atoms with Crippen LogP contribution in [0.15, 0.2) is 53.6 Å². The van der Waals surface area contributed by atoms with Crippen LogP contribution in [0.2, 0.25) is 0 Å². The van der Waals surface area contributed by atoms with Crippen molar-refractivity contribution in [3.8, 4) is 11.5 Å². The van der Waals surface area contributed by atoms with Gasteiger partial charge < -0.3 is 9.47 Å². The zero-order valence-electron chi connectivity index (χ0n) is 14.0. The summed E-state index contributed by atoms with van der Waals surface area (Å²) in [5, 5.41) is 15.0. The van der Waals surface area contributed by atoms with E-state index in [1.54, 1.807) is 13.0 Å². The van der Waals surface area contributed by atoms with E-state index in [2.05, 4.69) is 10.5 Å². The van der Waals surface area contributed by atoms with Crippen LogP contribution in [0.5, 0.6) is 11.5 Å². The molecule has 1 atom stereocenters. The molecule has 2 aromatic rings. The van der Waals surface area contributed by atoms with E-state index in [4.69, 9.17) is 9.47 Å². The number of benzene rings is 2. The molecule has 26 heavy (non-hydrogen) atoms. The number of para-hydroxylation sites is 1. The molecule has 0 aliphatic carbocycles. The topological polar surface area (TPSA) is 103 Å². The van der Waals surface area contributed by atoms with Crippen LogP contribution in [-0.2, 0) is 4.79 Å². The number of nitro groups is 1. The van der Waals surface area contributed by atoms with Crippen LogP contribution in [0.3, 0.4) is 0 Å². The number of fused-ring (bicyclic) bond motifs is 1. The average Bonchev–Trinajstić information content (AvgIpc) is 2.66. The minimum Gasteiger partial charge on any atom is -0.492 e. The van der Waals surface area contributed by atoms with Gasteiger partial charge in [0.15, 0.2) is 6.10 Å². The van der Waals surface area contributed by atoms with Gasteiger partial charge in [-0.25, -0.2) is 5.43 Å². The Morgan fingerprint density at radius 2 is 2.12 bits per heavy atom. The maximum atomic E-state index is 12.2. The van der Waals surface area contributed by atoms with Gasteiger partial charge in [0.05, 0.1) is 23.3 Å². The maximum Gasteiger partial charge on any atom is 0.280 e. The number of hydrogen-bond acceptors (Lipinski definition) is 6. The van der Waals surface area contributed by atoms with Crippen LogP contribution in [0.1, 0.15) is 18.9 Å². The minimum absolute atomic E-state index is 0.103. The lowest BCUT2D eigenvalue weighted by Gasteiger charge is -2.19. The Labute approximate surface area is 149 Å². The van der Waals surface area contributed by atoms with Crippen molar-refractivity contribution in [1.29, 1.82) is 0 Å². The molecule has 1 unspecified atom stereocenters. The van der Waals surface area contributed by atoms with Crippen LogP contribution >= 0.6 is 0 Å². The molecule has 0 saturated carbocycles. The molecule has 8 nitrogen and oxygen atoms in total. The molecule has 0 fully saturated rings. The van der Waals surface area contributed by atoms with Crippen molar-refractivity contribution in [2.75, 3.05) is 6.61 Å². The summed E-state index contributed by atoms with van der Waals surface area (Å²) in [4.78, 5) is 22.5. The number of hydrazone groups is 1. The van der Waals surface area contributed by atoms with Crippen molar-refractivity contribution in [2.24, 2.45) is 5.10 Å². The van der Waals surface area contributed by atoms with Gasteiger partial charge in [-0.3, -0.25) is 14.9 Å². The molecule has 1 aliphatic heterocycles. The Morgan fingerprint density at radius 1 is 1.31 bits per heavy atom. The summed E-state index contributed by atoms with van der Waals surface area (Å²) < 4.78 is 11.0. The second-order valence-electron chi connectivity index (χ2n) is 5.64. The number of nitrogens with one attached hydrogen (secondary N) is 1. The number of amides is 1. The lowest BCUT2D eigenvalue weighted by Crippen LogP contribution is -2.34. The van der Waals surface area contributed by atoms with Crippen LogP contribution in [-0.4, -0.2) is 29.3 Å². The number of nitro benzene ring substituents is 1. The molecular formula is C18H17N3O5. The van der Waals surface area contributed by atoms with E-state index in [-0.39, 0.29) is 11.4 Å². The molecule has 1 aliphatic rings. The molecule has 134 valence electrons. The monoisotopic (exact) mass is 355 g/mol. The molecule has 0 bridgehead atoms. The molecule has 2 aromatic carbocycles. The first kappa shape index (κ1) is 17.4. The summed E-state index contributed by atoms with van der Waals surface area (Å²) in [7, 11) is 0. The average molecular weight is 355 g/mol. The fraction of sp³-hybridized carbons (Fsp3) is 0.222. The highest BCUT2D eigenvalue weighted by Crippen LogP contribution is 2.24. The Hall–Kier alpha value is -3.42. The quantitative estimate of drug-likeness (QED) is 0.656. The standard InChI is InChI=1S/C18H17N3O5/c1-12(26-14-6-4-5-13(11-14)21(23)24)18(22)20-19-16-9-10-25-17-8-3-2-7-15(16)17/h2-8,11-12H,9-10H2,1H3,(H,20,22)/b19-16-. The van der Waals surface area contributed by atoms with Gasteiger partial charge in [-0.15, -0.1) is 0 Å². The van der Waals surface area contributed by atoms with Gasteiger partial charge in [0, 0.05) is 18.1 Å². The smallest absolute Gasteiger partial charge is 0.280 e. The number of hydrogen-bond donors (Lipinski definition) is 1. The van der Waals surface area contributed by atoms with E-state index in [1.165, 1.54) is 18.2 Å². The summed E-state index contributed by atoms with van der Waals surface area (Å²) in [6.07, 6.45) is -0.284. The number of carbonyl (C=O) groups is 1. The first-order valence-electron chi connectivity index (χ1n) is 8.04. The highest BCUT2D eigenvalue weighted by atomic mass is 16.6. The maximum absolute atomic E-state index is 12.2. The number of nitrogens with zero attached hydrogens (tertiary/aromatic N) is 2. The zero-order valence-corrected chi connectivity index (χ0v) is 14.0. The first-order chi connectivity index (χ1) is 12.5. The minimum atomic E-state index is -0.864. The fourth-order valence-corrected chi connectivity index (χ4v) is 2.48. The van der Waals surface area contributed by atoms with Crippen molar-refractivity contribution < 1.29 is 19.2 Å². The van der Waals surface area contributed by atoms with Crippen molar-refractivity contribution in [2.45, 2.75) is 19.4 Å². The lowest BCUT2D eigenvalue weighted by molar-refractivity contribution is -0.384. The molecular weight excluding hydrogens is 338 g/mol. The number of non-ortho nitro benzene ring substituents is 1. The van der Waals surface area contributed by atoms with Gasteiger partial charge in [0.1, 0.15) is 11.5 Å². The fourth-order valence-electron chi connectivity index (χ4n) is 2.48. The van der Waals surface area contributed by atoms with E-state index < -0.39 is 16.9 Å². The Morgan fingerprint density at radius 3 is 2.92 bits per heavy atom.